The molecule has 2 aromatic heterocycles. The van der Waals surface area contributed by atoms with Gasteiger partial charge >= 0.3 is 0 Å². The minimum absolute atomic E-state index is 0.811. The predicted molar refractivity (Wildman–Crippen MR) is 37.7 cm³/mol. The number of nitrogens with zero attached hydrogens (tertiary/aromatic N) is 3. The van der Waals surface area contributed by atoms with Gasteiger partial charge in [-0.15, -0.1) is 0 Å². The normalized spacial score (nSPS) is 10.5. The van der Waals surface area contributed by atoms with Crippen LogP contribution in [-0.2, 0) is 0 Å². The second-order valence-electron chi connectivity index (χ2n) is 2.16. The van der Waals surface area contributed by atoms with Crippen LogP contribution in [0.3, 0.4) is 0 Å². The lowest BCUT2D eigenvalue weighted by Crippen LogP contribution is -1.83. The third-order valence-corrected chi connectivity index (χ3v) is 1.35. The number of pyridine rings is 1. The van der Waals surface area contributed by atoms with Gasteiger partial charge in [0.1, 0.15) is 5.82 Å². The number of aromatic nitrogens is 3. The van der Waals surface area contributed by atoms with Gasteiger partial charge in [0.15, 0.2) is 5.65 Å². The Hall–Kier alpha value is -1.38. The third-order valence-electron chi connectivity index (χ3n) is 1.35. The van der Waals surface area contributed by atoms with Crippen LogP contribution in [-0.4, -0.2) is 14.6 Å². The van der Waals surface area contributed by atoms with Crippen LogP contribution in [0, 0.1) is 6.92 Å². The van der Waals surface area contributed by atoms with E-state index in [4.69, 9.17) is 0 Å². The Morgan fingerprint density at radius 3 is 3.10 bits per heavy atom. The van der Waals surface area contributed by atoms with Gasteiger partial charge in [-0.25, -0.2) is 9.50 Å². The number of hydrogen-bond acceptors (Lipinski definition) is 2. The highest BCUT2D eigenvalue weighted by Gasteiger charge is 1.93. The summed E-state index contributed by atoms with van der Waals surface area (Å²) in [7, 11) is 0. The van der Waals surface area contributed by atoms with E-state index < -0.39 is 0 Å². The maximum Gasteiger partial charge on any atom is 0.155 e. The molecule has 0 radical (unpaired) electrons. The maximum atomic E-state index is 4.16. The molecule has 50 valence electrons. The van der Waals surface area contributed by atoms with Crippen molar-refractivity contribution in [3.05, 3.63) is 30.2 Å². The fraction of sp³-hybridized carbons (Fsp3) is 0.143. The van der Waals surface area contributed by atoms with Gasteiger partial charge in [0.05, 0.1) is 0 Å². The zero-order valence-corrected chi connectivity index (χ0v) is 5.65. The quantitative estimate of drug-likeness (QED) is 0.537. The van der Waals surface area contributed by atoms with Gasteiger partial charge < -0.3 is 0 Å². The van der Waals surface area contributed by atoms with Crippen LogP contribution in [0.2, 0.25) is 0 Å². The summed E-state index contributed by atoms with van der Waals surface area (Å²) < 4.78 is 1.76. The Balaban J connectivity index is 2.88. The van der Waals surface area contributed by atoms with Crippen LogP contribution in [0.15, 0.2) is 24.4 Å². The lowest BCUT2D eigenvalue weighted by Gasteiger charge is -1.84. The topological polar surface area (TPSA) is 30.2 Å². The van der Waals surface area contributed by atoms with Crippen molar-refractivity contribution in [2.24, 2.45) is 0 Å². The first kappa shape index (κ1) is 5.41. The van der Waals surface area contributed by atoms with Gasteiger partial charge in [0.25, 0.3) is 0 Å². The highest BCUT2D eigenvalue weighted by molar-refractivity contribution is 5.35. The molecule has 0 N–H and O–H groups in total. The van der Waals surface area contributed by atoms with E-state index in [1.807, 2.05) is 31.3 Å². The highest BCUT2D eigenvalue weighted by atomic mass is 15.3. The first-order valence-electron chi connectivity index (χ1n) is 3.14. The molecule has 0 aliphatic carbocycles. The molecule has 0 saturated heterocycles. The fourth-order valence-corrected chi connectivity index (χ4v) is 0.943. The Bertz CT molecular complexity index is 317. The van der Waals surface area contributed by atoms with Gasteiger partial charge in [0.2, 0.25) is 0 Å². The highest BCUT2D eigenvalue weighted by Crippen LogP contribution is 1.97. The van der Waals surface area contributed by atoms with Crippen LogP contribution in [0.1, 0.15) is 5.82 Å². The number of hydrogen-bond donors (Lipinski definition) is 0. The van der Waals surface area contributed by atoms with Crippen LogP contribution in [0.5, 0.6) is 0 Å². The molecule has 0 bridgehead atoms. The summed E-state index contributed by atoms with van der Waals surface area (Å²) in [5.41, 5.74) is 0.903. The Labute approximate surface area is 58.3 Å². The molecule has 3 heteroatoms. The zero-order valence-electron chi connectivity index (χ0n) is 5.65. The van der Waals surface area contributed by atoms with Crippen molar-refractivity contribution in [1.82, 2.24) is 14.6 Å². The Morgan fingerprint density at radius 2 is 2.30 bits per heavy atom. The minimum Gasteiger partial charge on any atom is -0.221 e. The molecule has 0 aliphatic rings. The van der Waals surface area contributed by atoms with E-state index in [9.17, 15) is 0 Å². The van der Waals surface area contributed by atoms with Crippen molar-refractivity contribution in [2.45, 2.75) is 6.92 Å². The molecule has 0 atom stereocenters. The summed E-state index contributed by atoms with van der Waals surface area (Å²) in [6.45, 7) is 1.88. The Morgan fingerprint density at radius 1 is 1.40 bits per heavy atom. The van der Waals surface area contributed by atoms with Gasteiger partial charge in [-0.2, -0.15) is 5.10 Å². The van der Waals surface area contributed by atoms with E-state index >= 15 is 0 Å². The van der Waals surface area contributed by atoms with Crippen molar-refractivity contribution >= 4 is 5.65 Å². The molecular weight excluding hydrogens is 126 g/mol. The van der Waals surface area contributed by atoms with Crippen molar-refractivity contribution in [2.75, 3.05) is 0 Å². The summed E-state index contributed by atoms with van der Waals surface area (Å²) in [6, 6.07) is 5.81. The van der Waals surface area contributed by atoms with Gasteiger partial charge in [0, 0.05) is 6.20 Å². The summed E-state index contributed by atoms with van der Waals surface area (Å²) in [4.78, 5) is 4.16. The van der Waals surface area contributed by atoms with E-state index in [1.165, 1.54) is 0 Å². The Kier molecular flexibility index (Phi) is 0.974. The van der Waals surface area contributed by atoms with E-state index in [1.54, 1.807) is 4.52 Å². The smallest absolute Gasteiger partial charge is 0.155 e. The molecular formula is C7H7N3. The van der Waals surface area contributed by atoms with Gasteiger partial charge in [-0.1, -0.05) is 6.07 Å². The largest absolute Gasteiger partial charge is 0.221 e. The van der Waals surface area contributed by atoms with Crippen LogP contribution in [0.25, 0.3) is 5.65 Å². The number of fused-ring (bicyclic) bond motifs is 1. The summed E-state index contributed by atoms with van der Waals surface area (Å²) >= 11 is 0. The summed E-state index contributed by atoms with van der Waals surface area (Å²) in [6.07, 6.45) is 1.88. The molecule has 10 heavy (non-hydrogen) atoms. The van der Waals surface area contributed by atoms with E-state index in [2.05, 4.69) is 10.1 Å². The maximum absolute atomic E-state index is 4.16. The lowest BCUT2D eigenvalue weighted by atomic mass is 10.5. The van der Waals surface area contributed by atoms with Gasteiger partial charge in [-0.05, 0) is 19.1 Å². The molecule has 0 aliphatic heterocycles. The zero-order chi connectivity index (χ0) is 6.97. The second-order valence-corrected chi connectivity index (χ2v) is 2.16. The van der Waals surface area contributed by atoms with E-state index in [-0.39, 0.29) is 0 Å². The molecule has 2 aromatic rings. The molecule has 0 aromatic carbocycles. The van der Waals surface area contributed by atoms with Crippen LogP contribution >= 0.6 is 0 Å². The molecule has 0 spiro atoms. The van der Waals surface area contributed by atoms with Crippen molar-refractivity contribution in [1.29, 1.82) is 0 Å². The van der Waals surface area contributed by atoms with Crippen LogP contribution in [0.4, 0.5) is 0 Å². The SMILES string of the molecule is Cc1nc2ccccn2n1. The standard InChI is InChI=1S/C7H7N3/c1-6-8-7-4-2-3-5-10(7)9-6/h2-5H,1H3. The molecule has 0 unspecified atom stereocenters. The molecule has 0 saturated carbocycles. The molecule has 2 rings (SSSR count). The molecule has 2 heterocycles. The average Bonchev–Trinajstić information content (AvgIpc) is 2.27. The first-order chi connectivity index (χ1) is 4.86. The lowest BCUT2D eigenvalue weighted by molar-refractivity contribution is 0.931. The molecule has 3 nitrogen and oxygen atoms in total. The molecule has 0 fully saturated rings. The average molecular weight is 133 g/mol. The summed E-state index contributed by atoms with van der Waals surface area (Å²) in [5.74, 6) is 0.811. The van der Waals surface area contributed by atoms with Crippen molar-refractivity contribution in [3.63, 3.8) is 0 Å². The van der Waals surface area contributed by atoms with E-state index in [0.717, 1.165) is 11.5 Å². The minimum atomic E-state index is 0.811. The summed E-state index contributed by atoms with van der Waals surface area (Å²) in [5, 5.41) is 4.12. The van der Waals surface area contributed by atoms with Gasteiger partial charge in [-0.3, -0.25) is 0 Å². The van der Waals surface area contributed by atoms with Crippen molar-refractivity contribution in [3.8, 4) is 0 Å². The van der Waals surface area contributed by atoms with Crippen LogP contribution < -0.4 is 0 Å². The first-order valence-corrected chi connectivity index (χ1v) is 3.14. The predicted octanol–water partition coefficient (Wildman–Crippen LogP) is 1.04. The third kappa shape index (κ3) is 0.673. The fourth-order valence-electron chi connectivity index (χ4n) is 0.943. The monoisotopic (exact) mass is 133 g/mol. The number of aryl methyl sites for hydroxylation is 1. The second kappa shape index (κ2) is 1.80. The molecule has 0 amide bonds. The number of rotatable bonds is 0. The van der Waals surface area contributed by atoms with Crippen molar-refractivity contribution < 1.29 is 0 Å². The van der Waals surface area contributed by atoms with E-state index in [0.29, 0.717) is 0 Å².